The van der Waals surface area contributed by atoms with Crippen LogP contribution in [0, 0.1) is 15.9 Å². The number of hydrogen-bond acceptors (Lipinski definition) is 7. The van der Waals surface area contributed by atoms with Crippen molar-refractivity contribution in [1.82, 2.24) is 8.96 Å². The molecule has 2 heterocycles. The molecule has 12 heteroatoms. The average Bonchev–Trinajstić information content (AvgIpc) is 3.05. The van der Waals surface area contributed by atoms with Crippen LogP contribution in [0.15, 0.2) is 41.3 Å². The molecule has 1 aromatic carbocycles. The van der Waals surface area contributed by atoms with E-state index < -0.39 is 37.3 Å². The predicted molar refractivity (Wildman–Crippen MR) is 105 cm³/mol. The van der Waals surface area contributed by atoms with Crippen LogP contribution in [0.3, 0.4) is 0 Å². The molecule has 30 heavy (non-hydrogen) atoms. The number of nitrogens with zero attached hydrogens (tertiary/aromatic N) is 3. The molecule has 0 radical (unpaired) electrons. The lowest BCUT2D eigenvalue weighted by atomic mass is 10.2. The Bertz CT molecular complexity index is 1260. The van der Waals surface area contributed by atoms with Crippen molar-refractivity contribution in [3.63, 3.8) is 0 Å². The molecule has 0 spiro atoms. The maximum absolute atomic E-state index is 13.7. The molecule has 2 aromatic heterocycles. The summed E-state index contributed by atoms with van der Waals surface area (Å²) in [5.41, 5.74) is -0.188. The van der Waals surface area contributed by atoms with E-state index in [2.05, 4.69) is 9.72 Å². The third-order valence-corrected chi connectivity index (χ3v) is 6.32. The van der Waals surface area contributed by atoms with Crippen LogP contribution in [-0.4, -0.2) is 35.4 Å². The minimum atomic E-state index is -4.35. The van der Waals surface area contributed by atoms with Gasteiger partial charge in [0.1, 0.15) is 5.15 Å². The van der Waals surface area contributed by atoms with Gasteiger partial charge < -0.3 is 4.74 Å². The zero-order valence-corrected chi connectivity index (χ0v) is 17.1. The summed E-state index contributed by atoms with van der Waals surface area (Å²) in [4.78, 5) is 25.1. The number of nitro benzene ring substituents is 1. The highest BCUT2D eigenvalue weighted by Crippen LogP contribution is 2.29. The van der Waals surface area contributed by atoms with E-state index in [9.17, 15) is 27.7 Å². The third kappa shape index (κ3) is 4.12. The summed E-state index contributed by atoms with van der Waals surface area (Å²) in [6, 6.07) is 6.70. The fourth-order valence-electron chi connectivity index (χ4n) is 2.96. The second-order valence-electron chi connectivity index (χ2n) is 6.24. The van der Waals surface area contributed by atoms with Gasteiger partial charge in [-0.2, -0.15) is 4.39 Å². The lowest BCUT2D eigenvalue weighted by Crippen LogP contribution is -2.16. The topological polar surface area (TPSA) is 121 Å². The first kappa shape index (κ1) is 21.7. The lowest BCUT2D eigenvalue weighted by Gasteiger charge is -2.12. The number of aryl methyl sites for hydroxylation is 1. The summed E-state index contributed by atoms with van der Waals surface area (Å²) < 4.78 is 45.9. The molecule has 0 aliphatic rings. The Balaban J connectivity index is 2.15. The molecule has 3 aromatic rings. The molecule has 9 nitrogen and oxygen atoms in total. The highest BCUT2D eigenvalue weighted by molar-refractivity contribution is 7.90. The van der Waals surface area contributed by atoms with Gasteiger partial charge in [0.15, 0.2) is 0 Å². The van der Waals surface area contributed by atoms with Gasteiger partial charge in [0.05, 0.1) is 28.0 Å². The van der Waals surface area contributed by atoms with E-state index in [1.165, 1.54) is 25.3 Å². The fraction of sp³-hybridized carbons (Fsp3) is 0.222. The van der Waals surface area contributed by atoms with Crippen molar-refractivity contribution in [1.29, 1.82) is 0 Å². The van der Waals surface area contributed by atoms with Crippen LogP contribution in [0.5, 0.6) is 0 Å². The molecule has 0 saturated heterocycles. The Morgan fingerprint density at radius 3 is 2.70 bits per heavy atom. The highest BCUT2D eigenvalue weighted by atomic mass is 35.5. The van der Waals surface area contributed by atoms with Gasteiger partial charge in [-0.15, -0.1) is 0 Å². The molecule has 0 saturated carbocycles. The summed E-state index contributed by atoms with van der Waals surface area (Å²) in [6.45, 7) is 0. The summed E-state index contributed by atoms with van der Waals surface area (Å²) >= 11 is 5.90. The quantitative estimate of drug-likeness (QED) is 0.231. The van der Waals surface area contributed by atoms with Gasteiger partial charge in [-0.05, 0) is 43.2 Å². The van der Waals surface area contributed by atoms with Gasteiger partial charge >= 0.3 is 11.7 Å². The maximum Gasteiger partial charge on any atom is 0.306 e. The minimum Gasteiger partial charge on any atom is -0.469 e. The zero-order chi connectivity index (χ0) is 22.1. The minimum absolute atomic E-state index is 0.0638. The average molecular weight is 456 g/mol. The molecule has 0 unspecified atom stereocenters. The van der Waals surface area contributed by atoms with E-state index in [1.54, 1.807) is 0 Å². The van der Waals surface area contributed by atoms with E-state index in [-0.39, 0.29) is 41.1 Å². The SMILES string of the molecule is COC(=O)CCCc1cc2nc(Cl)ccc2n1S(=O)(=O)c1ccc(F)c([N+](=O)[O-])c1. The fourth-order valence-corrected chi connectivity index (χ4v) is 4.70. The number of carbonyl (C=O) groups excluding carboxylic acids is 1. The maximum atomic E-state index is 13.7. The van der Waals surface area contributed by atoms with Crippen LogP contribution in [0.1, 0.15) is 18.5 Å². The number of halogens is 2. The van der Waals surface area contributed by atoms with Crippen molar-refractivity contribution in [3.05, 3.63) is 63.2 Å². The molecule has 0 aliphatic carbocycles. The van der Waals surface area contributed by atoms with E-state index in [1.807, 2.05) is 0 Å². The third-order valence-electron chi connectivity index (χ3n) is 4.35. The summed E-state index contributed by atoms with van der Waals surface area (Å²) in [5.74, 6) is -1.60. The Morgan fingerprint density at radius 2 is 2.03 bits per heavy atom. The van der Waals surface area contributed by atoms with Crippen LogP contribution in [0.2, 0.25) is 5.15 Å². The van der Waals surface area contributed by atoms with Crippen LogP contribution in [0.4, 0.5) is 10.1 Å². The number of ether oxygens (including phenoxy) is 1. The van der Waals surface area contributed by atoms with Crippen molar-refractivity contribution < 1.29 is 27.3 Å². The number of methoxy groups -OCH3 is 1. The Hall–Kier alpha value is -3.05. The molecule has 158 valence electrons. The van der Waals surface area contributed by atoms with Crippen LogP contribution >= 0.6 is 11.6 Å². The highest BCUT2D eigenvalue weighted by Gasteiger charge is 2.27. The lowest BCUT2D eigenvalue weighted by molar-refractivity contribution is -0.387. The molecule has 0 atom stereocenters. The Labute approximate surface area is 175 Å². The van der Waals surface area contributed by atoms with Crippen molar-refractivity contribution in [3.8, 4) is 0 Å². The standard InChI is InChI=1S/C18H15ClFN3O6S/c1-29-18(24)4-2-3-11-9-14-15(7-8-17(19)21-14)22(11)30(27,28)12-5-6-13(20)16(10-12)23(25)26/h5-10H,2-4H2,1H3. The largest absolute Gasteiger partial charge is 0.469 e. The van der Waals surface area contributed by atoms with E-state index in [4.69, 9.17) is 11.6 Å². The summed E-state index contributed by atoms with van der Waals surface area (Å²) in [5, 5.41) is 11.2. The second-order valence-corrected chi connectivity index (χ2v) is 8.42. The van der Waals surface area contributed by atoms with Gasteiger partial charge in [-0.1, -0.05) is 11.6 Å². The van der Waals surface area contributed by atoms with E-state index >= 15 is 0 Å². The normalized spacial score (nSPS) is 11.6. The summed E-state index contributed by atoms with van der Waals surface area (Å²) in [6.07, 6.45) is 0.523. The van der Waals surface area contributed by atoms with Gasteiger partial charge in [0.2, 0.25) is 5.82 Å². The van der Waals surface area contributed by atoms with Crippen molar-refractivity contribution in [2.75, 3.05) is 7.11 Å². The first-order chi connectivity index (χ1) is 14.1. The smallest absolute Gasteiger partial charge is 0.306 e. The molecule has 3 rings (SSSR count). The number of rotatable bonds is 7. The molecular weight excluding hydrogens is 441 g/mol. The van der Waals surface area contributed by atoms with Crippen LogP contribution in [-0.2, 0) is 26.0 Å². The number of aromatic nitrogens is 2. The molecule has 0 bridgehead atoms. The molecular formula is C18H15ClFN3O6S. The zero-order valence-electron chi connectivity index (χ0n) is 15.5. The predicted octanol–water partition coefficient (Wildman–Crippen LogP) is 3.47. The van der Waals surface area contributed by atoms with Crippen LogP contribution in [0.25, 0.3) is 11.0 Å². The van der Waals surface area contributed by atoms with Gasteiger partial charge in [0, 0.05) is 18.2 Å². The number of benzene rings is 1. The number of carbonyl (C=O) groups is 1. The monoisotopic (exact) mass is 455 g/mol. The summed E-state index contributed by atoms with van der Waals surface area (Å²) in [7, 11) is -3.10. The van der Waals surface area contributed by atoms with Crippen LogP contribution < -0.4 is 0 Å². The van der Waals surface area contributed by atoms with E-state index in [0.717, 1.165) is 16.1 Å². The molecule has 0 N–H and O–H groups in total. The second kappa shape index (κ2) is 8.36. The number of nitro groups is 1. The number of esters is 1. The van der Waals surface area contributed by atoms with Gasteiger partial charge in [-0.25, -0.2) is 17.4 Å². The Kier molecular flexibility index (Phi) is 6.04. The number of hydrogen-bond donors (Lipinski definition) is 0. The number of fused-ring (bicyclic) bond motifs is 1. The Morgan fingerprint density at radius 1 is 1.30 bits per heavy atom. The first-order valence-electron chi connectivity index (χ1n) is 8.58. The van der Waals surface area contributed by atoms with Gasteiger partial charge in [-0.3, -0.25) is 14.9 Å². The van der Waals surface area contributed by atoms with Crippen molar-refractivity contribution >= 4 is 44.3 Å². The first-order valence-corrected chi connectivity index (χ1v) is 10.4. The molecule has 0 aliphatic heterocycles. The van der Waals surface area contributed by atoms with Crippen molar-refractivity contribution in [2.45, 2.75) is 24.2 Å². The van der Waals surface area contributed by atoms with Crippen molar-refractivity contribution in [2.24, 2.45) is 0 Å². The molecule has 0 amide bonds. The molecule has 0 fully saturated rings. The van der Waals surface area contributed by atoms with Gasteiger partial charge in [0.25, 0.3) is 10.0 Å². The number of pyridine rings is 1. The van der Waals surface area contributed by atoms with E-state index in [0.29, 0.717) is 6.07 Å².